The molecule has 1 aromatic carbocycles. The quantitative estimate of drug-likeness (QED) is 0.253. The lowest BCUT2D eigenvalue weighted by molar-refractivity contribution is 0.229. The fourth-order valence-corrected chi connectivity index (χ4v) is 2.25. The average Bonchev–Trinajstić information content (AvgIpc) is 3.10. The normalized spacial score (nSPS) is 12.2. The lowest BCUT2D eigenvalue weighted by atomic mass is 10.3. The van der Waals surface area contributed by atoms with Gasteiger partial charge in [-0.1, -0.05) is 6.07 Å². The standard InChI is InChI=1S/C18H26FN5O.HI/c1-3-20-18(21-9-5-11-24-12-6-10-23-24)22-14-15(2)25-17-8-4-7-16(19)13-17;/h4,6-8,10,12-13,15H,3,5,9,11,14H2,1-2H3,(H2,20,21,22);1H. The molecule has 1 aromatic heterocycles. The molecule has 1 unspecified atom stereocenters. The summed E-state index contributed by atoms with van der Waals surface area (Å²) in [4.78, 5) is 4.52. The van der Waals surface area contributed by atoms with E-state index in [1.54, 1.807) is 18.3 Å². The molecule has 2 aromatic rings. The van der Waals surface area contributed by atoms with Crippen molar-refractivity contribution in [1.82, 2.24) is 20.4 Å². The Hall–Kier alpha value is -1.84. The zero-order chi connectivity index (χ0) is 17.9. The average molecular weight is 475 g/mol. The SMILES string of the molecule is CCNC(=NCC(C)Oc1cccc(F)c1)NCCCn1cccn1.I. The highest BCUT2D eigenvalue weighted by molar-refractivity contribution is 14.0. The molecule has 0 radical (unpaired) electrons. The second kappa shape index (κ2) is 12.5. The molecule has 0 bridgehead atoms. The molecule has 8 heteroatoms. The van der Waals surface area contributed by atoms with Crippen LogP contribution in [0.25, 0.3) is 0 Å². The number of aromatic nitrogens is 2. The van der Waals surface area contributed by atoms with Crippen LogP contribution in [-0.2, 0) is 6.54 Å². The van der Waals surface area contributed by atoms with E-state index in [2.05, 4.69) is 20.7 Å². The molecular weight excluding hydrogens is 448 g/mol. The van der Waals surface area contributed by atoms with Crippen LogP contribution in [0.4, 0.5) is 4.39 Å². The highest BCUT2D eigenvalue weighted by Crippen LogP contribution is 2.13. The summed E-state index contributed by atoms with van der Waals surface area (Å²) in [7, 11) is 0. The van der Waals surface area contributed by atoms with Gasteiger partial charge in [0.05, 0.1) is 6.54 Å². The van der Waals surface area contributed by atoms with Crippen LogP contribution in [0, 0.1) is 5.82 Å². The van der Waals surface area contributed by atoms with Gasteiger partial charge in [0.15, 0.2) is 5.96 Å². The van der Waals surface area contributed by atoms with E-state index in [0.29, 0.717) is 12.3 Å². The van der Waals surface area contributed by atoms with E-state index in [1.807, 2.05) is 30.8 Å². The fraction of sp³-hybridized carbons (Fsp3) is 0.444. The zero-order valence-electron chi connectivity index (χ0n) is 15.2. The van der Waals surface area contributed by atoms with Gasteiger partial charge in [0, 0.05) is 38.1 Å². The molecule has 0 saturated heterocycles. The molecule has 2 N–H and O–H groups in total. The summed E-state index contributed by atoms with van der Waals surface area (Å²) in [6, 6.07) is 8.05. The molecule has 0 fully saturated rings. The Morgan fingerprint density at radius 1 is 1.35 bits per heavy atom. The number of rotatable bonds is 9. The fourth-order valence-electron chi connectivity index (χ4n) is 2.25. The number of hydrogen-bond donors (Lipinski definition) is 2. The summed E-state index contributed by atoms with van der Waals surface area (Å²) < 4.78 is 20.8. The van der Waals surface area contributed by atoms with Crippen molar-refractivity contribution < 1.29 is 9.13 Å². The second-order valence-corrected chi connectivity index (χ2v) is 5.65. The highest BCUT2D eigenvalue weighted by Gasteiger charge is 2.05. The van der Waals surface area contributed by atoms with Crippen molar-refractivity contribution in [1.29, 1.82) is 0 Å². The molecule has 1 heterocycles. The minimum absolute atomic E-state index is 0. The first kappa shape index (κ1) is 22.2. The number of benzene rings is 1. The molecule has 0 aliphatic rings. The van der Waals surface area contributed by atoms with E-state index in [-0.39, 0.29) is 35.9 Å². The minimum atomic E-state index is -0.305. The van der Waals surface area contributed by atoms with Crippen molar-refractivity contribution in [3.05, 3.63) is 48.5 Å². The third-order valence-corrected chi connectivity index (χ3v) is 3.40. The van der Waals surface area contributed by atoms with Crippen LogP contribution >= 0.6 is 24.0 Å². The number of aryl methyl sites for hydroxylation is 1. The van der Waals surface area contributed by atoms with Crippen LogP contribution < -0.4 is 15.4 Å². The number of nitrogens with one attached hydrogen (secondary N) is 2. The highest BCUT2D eigenvalue weighted by atomic mass is 127. The molecule has 0 aliphatic carbocycles. The Morgan fingerprint density at radius 2 is 2.19 bits per heavy atom. The van der Waals surface area contributed by atoms with E-state index < -0.39 is 0 Å². The summed E-state index contributed by atoms with van der Waals surface area (Å²) in [6.07, 6.45) is 4.52. The van der Waals surface area contributed by atoms with Crippen LogP contribution in [0.1, 0.15) is 20.3 Å². The van der Waals surface area contributed by atoms with Crippen LogP contribution in [0.5, 0.6) is 5.75 Å². The molecule has 2 rings (SSSR count). The Bertz CT molecular complexity index is 651. The van der Waals surface area contributed by atoms with Crippen molar-refractivity contribution in [3.63, 3.8) is 0 Å². The smallest absolute Gasteiger partial charge is 0.191 e. The second-order valence-electron chi connectivity index (χ2n) is 5.65. The number of ether oxygens (including phenoxy) is 1. The van der Waals surface area contributed by atoms with Crippen molar-refractivity contribution in [2.45, 2.75) is 32.9 Å². The minimum Gasteiger partial charge on any atom is -0.489 e. The predicted octanol–water partition coefficient (Wildman–Crippen LogP) is 3.05. The molecule has 6 nitrogen and oxygen atoms in total. The van der Waals surface area contributed by atoms with Gasteiger partial charge < -0.3 is 15.4 Å². The summed E-state index contributed by atoms with van der Waals surface area (Å²) in [5, 5.41) is 10.7. The number of hydrogen-bond acceptors (Lipinski definition) is 3. The third-order valence-electron chi connectivity index (χ3n) is 3.40. The monoisotopic (exact) mass is 475 g/mol. The first-order valence-corrected chi connectivity index (χ1v) is 8.59. The third kappa shape index (κ3) is 8.50. The van der Waals surface area contributed by atoms with Gasteiger partial charge in [-0.3, -0.25) is 4.68 Å². The molecule has 0 spiro atoms. The molecule has 1 atom stereocenters. The molecular formula is C18H27FIN5O. The number of halogens is 2. The zero-order valence-corrected chi connectivity index (χ0v) is 17.5. The topological polar surface area (TPSA) is 63.5 Å². The van der Waals surface area contributed by atoms with Gasteiger partial charge in [-0.05, 0) is 38.5 Å². The summed E-state index contributed by atoms with van der Waals surface area (Å²) in [6.45, 7) is 6.85. The van der Waals surface area contributed by atoms with Crippen molar-refractivity contribution >= 4 is 29.9 Å². The Morgan fingerprint density at radius 3 is 2.88 bits per heavy atom. The molecule has 26 heavy (non-hydrogen) atoms. The number of nitrogens with zero attached hydrogens (tertiary/aromatic N) is 3. The Balaban J connectivity index is 0.00000338. The van der Waals surface area contributed by atoms with Crippen molar-refractivity contribution in [3.8, 4) is 5.75 Å². The van der Waals surface area contributed by atoms with E-state index in [0.717, 1.165) is 32.0 Å². The van der Waals surface area contributed by atoms with E-state index in [1.165, 1.54) is 12.1 Å². The van der Waals surface area contributed by atoms with Crippen molar-refractivity contribution in [2.75, 3.05) is 19.6 Å². The summed E-state index contributed by atoms with van der Waals surface area (Å²) in [5.41, 5.74) is 0. The van der Waals surface area contributed by atoms with E-state index >= 15 is 0 Å². The lowest BCUT2D eigenvalue weighted by Gasteiger charge is -2.15. The van der Waals surface area contributed by atoms with Crippen LogP contribution in [0.15, 0.2) is 47.7 Å². The van der Waals surface area contributed by atoms with Gasteiger partial charge in [0.25, 0.3) is 0 Å². The van der Waals surface area contributed by atoms with Crippen LogP contribution in [0.3, 0.4) is 0 Å². The van der Waals surface area contributed by atoms with Crippen molar-refractivity contribution in [2.24, 2.45) is 4.99 Å². The largest absolute Gasteiger partial charge is 0.489 e. The van der Waals surface area contributed by atoms with E-state index in [4.69, 9.17) is 4.74 Å². The summed E-state index contributed by atoms with van der Waals surface area (Å²) in [5.74, 6) is 0.956. The molecule has 0 saturated carbocycles. The van der Waals surface area contributed by atoms with Gasteiger partial charge in [-0.25, -0.2) is 9.38 Å². The molecule has 0 aliphatic heterocycles. The van der Waals surface area contributed by atoms with Gasteiger partial charge in [-0.2, -0.15) is 5.10 Å². The van der Waals surface area contributed by atoms with Gasteiger partial charge >= 0.3 is 0 Å². The van der Waals surface area contributed by atoms with Gasteiger partial charge in [-0.15, -0.1) is 24.0 Å². The molecule has 0 amide bonds. The first-order valence-electron chi connectivity index (χ1n) is 8.59. The lowest BCUT2D eigenvalue weighted by Crippen LogP contribution is -2.38. The summed E-state index contributed by atoms with van der Waals surface area (Å²) >= 11 is 0. The maximum absolute atomic E-state index is 13.2. The maximum Gasteiger partial charge on any atom is 0.191 e. The Labute approximate surface area is 171 Å². The Kier molecular flexibility index (Phi) is 10.7. The van der Waals surface area contributed by atoms with Gasteiger partial charge in [0.1, 0.15) is 17.7 Å². The predicted molar refractivity (Wildman–Crippen MR) is 113 cm³/mol. The first-order chi connectivity index (χ1) is 12.2. The van der Waals surface area contributed by atoms with Gasteiger partial charge in [0.2, 0.25) is 0 Å². The maximum atomic E-state index is 13.2. The number of aliphatic imine (C=N–C) groups is 1. The van der Waals surface area contributed by atoms with Crippen LogP contribution in [-0.4, -0.2) is 41.5 Å². The number of guanidine groups is 1. The van der Waals surface area contributed by atoms with E-state index in [9.17, 15) is 4.39 Å². The van der Waals surface area contributed by atoms with Crippen LogP contribution in [0.2, 0.25) is 0 Å². The molecule has 144 valence electrons.